The molecule has 56 heavy (non-hydrogen) atoms. The van der Waals surface area contributed by atoms with Crippen molar-refractivity contribution < 1.29 is 48.5 Å². The molecule has 0 unspecified atom stereocenters. The fourth-order valence-electron chi connectivity index (χ4n) is 6.98. The molecule has 298 valence electrons. The number of rotatable bonds is 19. The monoisotopic (exact) mass is 770 g/mol. The van der Waals surface area contributed by atoms with E-state index in [9.17, 15) is 43.8 Å². The third-order valence-corrected chi connectivity index (χ3v) is 9.78. The highest BCUT2D eigenvalue weighted by molar-refractivity contribution is 5.96. The van der Waals surface area contributed by atoms with Crippen LogP contribution >= 0.6 is 0 Å². The third-order valence-electron chi connectivity index (χ3n) is 9.78. The summed E-state index contributed by atoms with van der Waals surface area (Å²) in [6.45, 7) is 3.60. The van der Waals surface area contributed by atoms with Crippen molar-refractivity contribution in [3.8, 4) is 5.75 Å². The van der Waals surface area contributed by atoms with Crippen LogP contribution in [0.1, 0.15) is 81.4 Å². The Bertz CT molecular complexity index is 1810. The Morgan fingerprint density at radius 3 is 1.84 bits per heavy atom. The van der Waals surface area contributed by atoms with Crippen molar-refractivity contribution in [3.63, 3.8) is 0 Å². The average molecular weight is 771 g/mol. The second-order valence-electron chi connectivity index (χ2n) is 14.6. The molecular formula is C42H50N4O10. The first-order chi connectivity index (χ1) is 26.7. The molecule has 0 spiro atoms. The summed E-state index contributed by atoms with van der Waals surface area (Å²) in [7, 11) is 0. The van der Waals surface area contributed by atoms with Crippen LogP contribution in [0.3, 0.4) is 0 Å². The summed E-state index contributed by atoms with van der Waals surface area (Å²) in [6, 6.07) is 21.2. The predicted octanol–water partition coefficient (Wildman–Crippen LogP) is 3.71. The number of esters is 1. The molecule has 14 heteroatoms. The zero-order chi connectivity index (χ0) is 40.8. The standard InChI is InChI=1S/C42H50N4O10/c1-25(2)20-33(38(43)50)44-41(53)35(24-36(47)48)46-40(52)34(45-39(51)30-18-9-10-19-31(30)42(54)55)22-26-12-11-17-29(21-26)56-37(49)23-32(27-13-5-3-6-14-27)28-15-7-4-8-16-28/h3-8,11-17,21,25,30-35H,9-10,18-20,22-24H2,1-2H3,(H2,43,50)(H,44,53)(H,45,51)(H,46,52)(H,47,48)(H,54,55)/t30-,31-,33+,34+,35+/m1/s1. The summed E-state index contributed by atoms with van der Waals surface area (Å²) in [5.41, 5.74) is 7.76. The number of primary amides is 1. The number of amides is 4. The van der Waals surface area contributed by atoms with Crippen LogP contribution in [0.2, 0.25) is 0 Å². The van der Waals surface area contributed by atoms with Gasteiger partial charge in [-0.2, -0.15) is 0 Å². The molecule has 0 aromatic heterocycles. The van der Waals surface area contributed by atoms with Gasteiger partial charge in [0.05, 0.1) is 24.7 Å². The van der Waals surface area contributed by atoms with E-state index in [2.05, 4.69) is 16.0 Å². The molecule has 0 radical (unpaired) electrons. The zero-order valence-corrected chi connectivity index (χ0v) is 31.5. The van der Waals surface area contributed by atoms with Gasteiger partial charge in [0.2, 0.25) is 23.6 Å². The number of hydrogen-bond donors (Lipinski definition) is 6. The first-order valence-corrected chi connectivity index (χ1v) is 18.8. The van der Waals surface area contributed by atoms with Gasteiger partial charge in [-0.05, 0) is 54.0 Å². The number of nitrogens with one attached hydrogen (secondary N) is 3. The smallest absolute Gasteiger partial charge is 0.312 e. The normalized spacial score (nSPS) is 16.9. The van der Waals surface area contributed by atoms with Gasteiger partial charge >= 0.3 is 17.9 Å². The molecule has 3 aromatic rings. The Balaban J connectivity index is 1.57. The van der Waals surface area contributed by atoms with Crippen LogP contribution in [0.25, 0.3) is 0 Å². The molecule has 5 atom stereocenters. The number of carboxylic acids is 2. The van der Waals surface area contributed by atoms with Crippen LogP contribution in [-0.4, -0.2) is 69.9 Å². The van der Waals surface area contributed by atoms with Crippen molar-refractivity contribution in [2.75, 3.05) is 0 Å². The lowest BCUT2D eigenvalue weighted by Gasteiger charge is -2.30. The summed E-state index contributed by atoms with van der Waals surface area (Å²) in [4.78, 5) is 90.1. The molecule has 4 amide bonds. The van der Waals surface area contributed by atoms with Crippen LogP contribution in [0.4, 0.5) is 0 Å². The topological polar surface area (TPSA) is 231 Å². The molecule has 0 bridgehead atoms. The van der Waals surface area contributed by atoms with Gasteiger partial charge in [0.15, 0.2) is 0 Å². The molecule has 1 aliphatic carbocycles. The van der Waals surface area contributed by atoms with Gasteiger partial charge in [-0.3, -0.25) is 33.6 Å². The largest absolute Gasteiger partial charge is 0.481 e. The second-order valence-corrected chi connectivity index (χ2v) is 14.6. The minimum absolute atomic E-state index is 0.0201. The summed E-state index contributed by atoms with van der Waals surface area (Å²) in [6.07, 6.45) is 0.931. The quantitative estimate of drug-likeness (QED) is 0.0764. The maximum Gasteiger partial charge on any atom is 0.312 e. The maximum atomic E-state index is 13.9. The van der Waals surface area contributed by atoms with E-state index < -0.39 is 77.9 Å². The number of nitrogens with two attached hydrogens (primary N) is 1. The average Bonchev–Trinajstić information content (AvgIpc) is 3.16. The Morgan fingerprint density at radius 1 is 0.714 bits per heavy atom. The minimum Gasteiger partial charge on any atom is -0.481 e. The lowest BCUT2D eigenvalue weighted by Crippen LogP contribution is -2.58. The molecule has 0 aliphatic heterocycles. The van der Waals surface area contributed by atoms with E-state index in [4.69, 9.17) is 10.5 Å². The molecule has 14 nitrogen and oxygen atoms in total. The lowest BCUT2D eigenvalue weighted by atomic mass is 9.78. The van der Waals surface area contributed by atoms with Crippen molar-refractivity contribution in [2.45, 2.75) is 89.3 Å². The summed E-state index contributed by atoms with van der Waals surface area (Å²) >= 11 is 0. The fourth-order valence-corrected chi connectivity index (χ4v) is 6.98. The highest BCUT2D eigenvalue weighted by Gasteiger charge is 2.38. The van der Waals surface area contributed by atoms with Gasteiger partial charge in [-0.15, -0.1) is 0 Å². The van der Waals surface area contributed by atoms with Crippen LogP contribution < -0.4 is 26.4 Å². The Labute approximate surface area is 325 Å². The molecular weight excluding hydrogens is 720 g/mol. The van der Waals surface area contributed by atoms with Crippen molar-refractivity contribution in [2.24, 2.45) is 23.5 Å². The van der Waals surface area contributed by atoms with E-state index in [1.807, 2.05) is 60.7 Å². The first kappa shape index (κ1) is 42.7. The summed E-state index contributed by atoms with van der Waals surface area (Å²) in [5, 5.41) is 26.9. The van der Waals surface area contributed by atoms with E-state index >= 15 is 0 Å². The SMILES string of the molecule is CC(C)C[C@H](NC(=O)[C@H](CC(=O)O)NC(=O)[C@H](Cc1cccc(OC(=O)CC(c2ccccc2)c2ccccc2)c1)NC(=O)[C@@H]1CCCC[C@H]1C(=O)O)C(N)=O. The number of hydrogen-bond acceptors (Lipinski definition) is 8. The number of aliphatic carboxylic acids is 2. The van der Waals surface area contributed by atoms with E-state index in [0.29, 0.717) is 18.4 Å². The molecule has 7 N–H and O–H groups in total. The Kier molecular flexibility index (Phi) is 15.7. The highest BCUT2D eigenvalue weighted by Crippen LogP contribution is 2.31. The molecule has 3 aromatic carbocycles. The molecule has 1 aliphatic rings. The third kappa shape index (κ3) is 12.8. The predicted molar refractivity (Wildman–Crippen MR) is 205 cm³/mol. The van der Waals surface area contributed by atoms with Gasteiger partial charge in [-0.1, -0.05) is 99.5 Å². The zero-order valence-electron chi connectivity index (χ0n) is 31.5. The van der Waals surface area contributed by atoms with Crippen molar-refractivity contribution in [1.29, 1.82) is 0 Å². The van der Waals surface area contributed by atoms with Crippen LogP contribution in [0.5, 0.6) is 5.75 Å². The second kappa shape index (κ2) is 20.6. The van der Waals surface area contributed by atoms with E-state index in [0.717, 1.165) is 11.1 Å². The number of carbonyl (C=O) groups is 7. The number of carbonyl (C=O) groups excluding carboxylic acids is 5. The van der Waals surface area contributed by atoms with Crippen LogP contribution in [-0.2, 0) is 40.0 Å². The molecule has 0 saturated heterocycles. The van der Waals surface area contributed by atoms with Gasteiger partial charge in [0, 0.05) is 12.3 Å². The van der Waals surface area contributed by atoms with E-state index in [1.54, 1.807) is 32.0 Å². The van der Waals surface area contributed by atoms with Crippen LogP contribution in [0.15, 0.2) is 84.9 Å². The number of carboxylic acid groups (broad SMARTS) is 2. The van der Waals surface area contributed by atoms with Crippen molar-refractivity contribution >= 4 is 41.5 Å². The van der Waals surface area contributed by atoms with Crippen molar-refractivity contribution in [1.82, 2.24) is 16.0 Å². The van der Waals surface area contributed by atoms with Crippen molar-refractivity contribution in [3.05, 3.63) is 102 Å². The summed E-state index contributed by atoms with van der Waals surface area (Å²) < 4.78 is 5.76. The number of benzene rings is 3. The van der Waals surface area contributed by atoms with Gasteiger partial charge in [-0.25, -0.2) is 0 Å². The molecule has 0 heterocycles. The van der Waals surface area contributed by atoms with Gasteiger partial charge in [0.25, 0.3) is 0 Å². The molecule has 4 rings (SSSR count). The first-order valence-electron chi connectivity index (χ1n) is 18.8. The lowest BCUT2D eigenvalue weighted by molar-refractivity contribution is -0.149. The van der Waals surface area contributed by atoms with E-state index in [-0.39, 0.29) is 49.7 Å². The van der Waals surface area contributed by atoms with Gasteiger partial charge < -0.3 is 36.6 Å². The molecule has 1 fully saturated rings. The van der Waals surface area contributed by atoms with Gasteiger partial charge in [0.1, 0.15) is 23.9 Å². The fraction of sp³-hybridized carbons (Fsp3) is 0.405. The summed E-state index contributed by atoms with van der Waals surface area (Å²) in [5.74, 6) is -8.57. The Hall–Kier alpha value is -6.05. The number of ether oxygens (including phenoxy) is 1. The highest BCUT2D eigenvalue weighted by atomic mass is 16.5. The van der Waals surface area contributed by atoms with Crippen LogP contribution in [0, 0.1) is 17.8 Å². The molecule has 1 saturated carbocycles. The minimum atomic E-state index is -1.66. The maximum absolute atomic E-state index is 13.9. The van der Waals surface area contributed by atoms with E-state index in [1.165, 1.54) is 6.07 Å². The Morgan fingerprint density at radius 2 is 1.29 bits per heavy atom.